The van der Waals surface area contributed by atoms with Gasteiger partial charge < -0.3 is 9.80 Å². The molecular formula is C21H29FN6. The van der Waals surface area contributed by atoms with E-state index in [9.17, 15) is 4.39 Å². The van der Waals surface area contributed by atoms with E-state index >= 15 is 0 Å². The molecule has 2 fully saturated rings. The van der Waals surface area contributed by atoms with Crippen molar-refractivity contribution >= 4 is 5.82 Å². The lowest BCUT2D eigenvalue weighted by molar-refractivity contribution is 0.295. The van der Waals surface area contributed by atoms with Crippen LogP contribution in [0.15, 0.2) is 36.7 Å². The summed E-state index contributed by atoms with van der Waals surface area (Å²) in [6, 6.07) is 7.36. The summed E-state index contributed by atoms with van der Waals surface area (Å²) < 4.78 is 13.7. The van der Waals surface area contributed by atoms with E-state index in [2.05, 4.69) is 25.6 Å². The second-order valence-corrected chi connectivity index (χ2v) is 8.14. The lowest BCUT2D eigenvalue weighted by Crippen LogP contribution is -2.44. The highest BCUT2D eigenvalue weighted by molar-refractivity contribution is 5.37. The first-order valence-electron chi connectivity index (χ1n) is 10.0. The molecule has 1 aromatic carbocycles. The number of benzene rings is 1. The number of hydrogen-bond donors (Lipinski definition) is 2. The Morgan fingerprint density at radius 1 is 1.21 bits per heavy atom. The molecule has 1 aromatic heterocycles. The van der Waals surface area contributed by atoms with Gasteiger partial charge in [0.1, 0.15) is 11.6 Å². The Labute approximate surface area is 166 Å². The van der Waals surface area contributed by atoms with E-state index in [0.29, 0.717) is 17.9 Å². The van der Waals surface area contributed by atoms with Crippen LogP contribution in [0.5, 0.6) is 0 Å². The third kappa shape index (κ3) is 4.32. The quantitative estimate of drug-likeness (QED) is 0.824. The zero-order chi connectivity index (χ0) is 19.5. The maximum absolute atomic E-state index is 13.7. The van der Waals surface area contributed by atoms with E-state index < -0.39 is 0 Å². The van der Waals surface area contributed by atoms with Gasteiger partial charge in [-0.2, -0.15) is 0 Å². The second-order valence-electron chi connectivity index (χ2n) is 8.14. The van der Waals surface area contributed by atoms with Gasteiger partial charge >= 0.3 is 0 Å². The minimum absolute atomic E-state index is 0.158. The molecule has 7 heteroatoms. The van der Waals surface area contributed by atoms with Gasteiger partial charge in [0, 0.05) is 44.3 Å². The molecule has 150 valence electrons. The summed E-state index contributed by atoms with van der Waals surface area (Å²) in [4.78, 5) is 13.6. The monoisotopic (exact) mass is 384 g/mol. The number of aromatic nitrogens is 2. The fourth-order valence-electron chi connectivity index (χ4n) is 4.46. The Hall–Kier alpha value is -2.09. The highest BCUT2D eigenvalue weighted by Gasteiger charge is 2.36. The number of piperidine rings is 1. The fraction of sp³-hybridized carbons (Fsp3) is 0.524. The van der Waals surface area contributed by atoms with Crippen LogP contribution < -0.4 is 15.8 Å². The van der Waals surface area contributed by atoms with Gasteiger partial charge in [0.15, 0.2) is 0 Å². The standard InChI is InChI=1S/C21H29FN6/c1-27(2)14-18-11-23-13-20(25-18)28-8-6-15(7-9-28)21-19(12-24-26-21)16-4-3-5-17(22)10-16/h3-5,10-11,13,15,19,21,24,26H,6-9,12,14H2,1-2H3. The van der Waals surface area contributed by atoms with Crippen molar-refractivity contribution in [3.8, 4) is 0 Å². The Morgan fingerprint density at radius 2 is 2.04 bits per heavy atom. The summed E-state index contributed by atoms with van der Waals surface area (Å²) in [6.45, 7) is 3.58. The summed E-state index contributed by atoms with van der Waals surface area (Å²) in [5.41, 5.74) is 8.82. The number of rotatable bonds is 5. The Kier molecular flexibility index (Phi) is 5.85. The minimum atomic E-state index is -0.158. The first kappa shape index (κ1) is 19.2. The molecule has 2 unspecified atom stereocenters. The first-order chi connectivity index (χ1) is 13.6. The molecule has 2 atom stereocenters. The van der Waals surface area contributed by atoms with Crippen LogP contribution in [0.4, 0.5) is 10.2 Å². The van der Waals surface area contributed by atoms with Crippen molar-refractivity contribution in [3.05, 3.63) is 53.7 Å². The fourth-order valence-corrected chi connectivity index (χ4v) is 4.46. The molecule has 3 heterocycles. The van der Waals surface area contributed by atoms with Gasteiger partial charge in [-0.25, -0.2) is 9.37 Å². The highest BCUT2D eigenvalue weighted by atomic mass is 19.1. The molecule has 2 aliphatic rings. The summed E-state index contributed by atoms with van der Waals surface area (Å²) in [7, 11) is 4.08. The minimum Gasteiger partial charge on any atom is -0.355 e. The number of hydrazine groups is 1. The molecule has 0 aliphatic carbocycles. The zero-order valence-corrected chi connectivity index (χ0v) is 16.6. The Balaban J connectivity index is 1.40. The summed E-state index contributed by atoms with van der Waals surface area (Å²) >= 11 is 0. The summed E-state index contributed by atoms with van der Waals surface area (Å²) in [6.07, 6.45) is 5.88. The van der Waals surface area contributed by atoms with Crippen LogP contribution in [-0.2, 0) is 6.54 Å². The molecule has 2 aliphatic heterocycles. The highest BCUT2D eigenvalue weighted by Crippen LogP contribution is 2.33. The molecule has 2 aromatic rings. The molecule has 0 amide bonds. The van der Waals surface area contributed by atoms with Crippen molar-refractivity contribution in [1.29, 1.82) is 0 Å². The number of nitrogens with zero attached hydrogens (tertiary/aromatic N) is 4. The molecule has 0 spiro atoms. The van der Waals surface area contributed by atoms with Crippen LogP contribution in [0.3, 0.4) is 0 Å². The van der Waals surface area contributed by atoms with E-state index in [1.807, 2.05) is 38.6 Å². The van der Waals surface area contributed by atoms with Crippen molar-refractivity contribution < 1.29 is 4.39 Å². The molecule has 4 rings (SSSR count). The molecule has 6 nitrogen and oxygen atoms in total. The smallest absolute Gasteiger partial charge is 0.147 e. The van der Waals surface area contributed by atoms with E-state index in [1.54, 1.807) is 6.07 Å². The van der Waals surface area contributed by atoms with Crippen molar-refractivity contribution in [2.75, 3.05) is 38.6 Å². The average Bonchev–Trinajstić information content (AvgIpc) is 3.18. The Bertz CT molecular complexity index is 790. The van der Waals surface area contributed by atoms with Crippen LogP contribution in [0, 0.1) is 11.7 Å². The van der Waals surface area contributed by atoms with Gasteiger partial charge in [-0.1, -0.05) is 12.1 Å². The van der Waals surface area contributed by atoms with Gasteiger partial charge in [0.25, 0.3) is 0 Å². The number of nitrogens with one attached hydrogen (secondary N) is 2. The molecule has 28 heavy (non-hydrogen) atoms. The predicted molar refractivity (Wildman–Crippen MR) is 108 cm³/mol. The van der Waals surface area contributed by atoms with Crippen LogP contribution in [0.1, 0.15) is 30.0 Å². The van der Waals surface area contributed by atoms with Crippen LogP contribution in [0.25, 0.3) is 0 Å². The van der Waals surface area contributed by atoms with E-state index in [4.69, 9.17) is 4.98 Å². The molecule has 0 radical (unpaired) electrons. The average molecular weight is 385 g/mol. The summed E-state index contributed by atoms with van der Waals surface area (Å²) in [5.74, 6) is 1.67. The van der Waals surface area contributed by atoms with Crippen LogP contribution in [-0.4, -0.2) is 54.6 Å². The third-order valence-corrected chi connectivity index (χ3v) is 5.82. The topological polar surface area (TPSA) is 56.3 Å². The molecular weight excluding hydrogens is 355 g/mol. The molecule has 2 N–H and O–H groups in total. The first-order valence-corrected chi connectivity index (χ1v) is 10.0. The molecule has 0 bridgehead atoms. The van der Waals surface area contributed by atoms with Gasteiger partial charge in [-0.15, -0.1) is 0 Å². The second kappa shape index (κ2) is 8.51. The zero-order valence-electron chi connectivity index (χ0n) is 16.6. The lowest BCUT2D eigenvalue weighted by atomic mass is 9.80. The number of hydrogen-bond acceptors (Lipinski definition) is 6. The molecule has 0 saturated carbocycles. The van der Waals surface area contributed by atoms with Gasteiger partial charge in [-0.05, 0) is 50.6 Å². The maximum Gasteiger partial charge on any atom is 0.147 e. The van der Waals surface area contributed by atoms with Crippen molar-refractivity contribution in [1.82, 2.24) is 25.7 Å². The maximum atomic E-state index is 13.7. The predicted octanol–water partition coefficient (Wildman–Crippen LogP) is 2.15. The van der Waals surface area contributed by atoms with Gasteiger partial charge in [0.2, 0.25) is 0 Å². The van der Waals surface area contributed by atoms with Crippen molar-refractivity contribution in [2.24, 2.45) is 5.92 Å². The largest absolute Gasteiger partial charge is 0.355 e. The van der Waals surface area contributed by atoms with Crippen LogP contribution in [0.2, 0.25) is 0 Å². The summed E-state index contributed by atoms with van der Waals surface area (Å²) in [5, 5.41) is 0. The van der Waals surface area contributed by atoms with Gasteiger partial charge in [-0.3, -0.25) is 15.8 Å². The third-order valence-electron chi connectivity index (χ3n) is 5.82. The van der Waals surface area contributed by atoms with E-state index in [-0.39, 0.29) is 5.82 Å². The normalized spacial score (nSPS) is 23.5. The molecule has 2 saturated heterocycles. The lowest BCUT2D eigenvalue weighted by Gasteiger charge is -2.37. The van der Waals surface area contributed by atoms with E-state index in [0.717, 1.165) is 56.1 Å². The van der Waals surface area contributed by atoms with Gasteiger partial charge in [0.05, 0.1) is 11.9 Å². The SMILES string of the molecule is CN(C)Cc1cncc(N2CCC(C3NNCC3c3cccc(F)c3)CC2)n1. The number of anilines is 1. The Morgan fingerprint density at radius 3 is 2.79 bits per heavy atom. The van der Waals surface area contributed by atoms with E-state index in [1.165, 1.54) is 6.07 Å². The van der Waals surface area contributed by atoms with Crippen LogP contribution >= 0.6 is 0 Å². The number of halogens is 1. The van der Waals surface area contributed by atoms with Crippen molar-refractivity contribution in [3.63, 3.8) is 0 Å². The van der Waals surface area contributed by atoms with Crippen molar-refractivity contribution in [2.45, 2.75) is 31.3 Å².